The predicted octanol–water partition coefficient (Wildman–Crippen LogP) is 0.439. The van der Waals surface area contributed by atoms with Gasteiger partial charge in [0.25, 0.3) is 5.91 Å². The molecule has 1 amide bonds. The number of carbonyl (C=O) groups is 2. The van der Waals surface area contributed by atoms with Gasteiger partial charge in [-0.1, -0.05) is 0 Å². The third-order valence-electron chi connectivity index (χ3n) is 2.40. The van der Waals surface area contributed by atoms with Crippen molar-refractivity contribution < 1.29 is 19.1 Å². The van der Waals surface area contributed by atoms with E-state index in [1.54, 1.807) is 18.2 Å². The van der Waals surface area contributed by atoms with Crippen molar-refractivity contribution in [3.63, 3.8) is 0 Å². The Labute approximate surface area is 102 Å². The van der Waals surface area contributed by atoms with Crippen LogP contribution in [0.2, 0.25) is 0 Å². The number of nitrogens with zero attached hydrogens (tertiary/aromatic N) is 1. The summed E-state index contributed by atoms with van der Waals surface area (Å²) in [6, 6.07) is 3.57. The van der Waals surface area contributed by atoms with Crippen LogP contribution in [-0.2, 0) is 9.59 Å². The molecule has 1 atom stereocenters. The Morgan fingerprint density at radius 1 is 1.44 bits per heavy atom. The van der Waals surface area contributed by atoms with Gasteiger partial charge in [-0.15, -0.1) is 0 Å². The molecule has 94 valence electrons. The molecule has 3 N–H and O–H groups in total. The first kappa shape index (κ1) is 12.1. The van der Waals surface area contributed by atoms with Crippen LogP contribution in [0, 0.1) is 0 Å². The predicted molar refractivity (Wildman–Crippen MR) is 63.1 cm³/mol. The third kappa shape index (κ3) is 2.30. The first-order valence-corrected chi connectivity index (χ1v) is 5.16. The molecule has 0 spiro atoms. The van der Waals surface area contributed by atoms with Gasteiger partial charge in [0.2, 0.25) is 0 Å². The van der Waals surface area contributed by atoms with E-state index in [4.69, 9.17) is 9.52 Å². The lowest BCUT2D eigenvalue weighted by atomic mass is 10.2. The van der Waals surface area contributed by atoms with Crippen LogP contribution in [0.1, 0.15) is 0 Å². The van der Waals surface area contributed by atoms with Crippen molar-refractivity contribution >= 4 is 28.7 Å². The standard InChI is InChI=1S/C11H11N3O4/c1-12-9(11(16)17)10(15)14-6-2-3-7-8(4-6)18-5-13-7/h2-5,9,12H,1H3,(H,14,15)(H,16,17). The van der Waals surface area contributed by atoms with Crippen molar-refractivity contribution in [2.45, 2.75) is 6.04 Å². The first-order chi connectivity index (χ1) is 8.61. The van der Waals surface area contributed by atoms with Crippen LogP contribution in [0.15, 0.2) is 29.0 Å². The number of aliphatic carboxylic acids is 1. The summed E-state index contributed by atoms with van der Waals surface area (Å²) in [6.45, 7) is 0. The minimum Gasteiger partial charge on any atom is -0.480 e. The molecular formula is C11H11N3O4. The number of carbonyl (C=O) groups excluding carboxylic acids is 1. The number of carboxylic acids is 1. The number of amides is 1. The molecule has 1 aromatic heterocycles. The van der Waals surface area contributed by atoms with E-state index in [1.807, 2.05) is 0 Å². The quantitative estimate of drug-likeness (QED) is 0.679. The van der Waals surface area contributed by atoms with Crippen LogP contribution in [0.4, 0.5) is 5.69 Å². The van der Waals surface area contributed by atoms with E-state index in [1.165, 1.54) is 13.4 Å². The highest BCUT2D eigenvalue weighted by Crippen LogP contribution is 2.17. The van der Waals surface area contributed by atoms with Crippen LogP contribution in [0.5, 0.6) is 0 Å². The van der Waals surface area contributed by atoms with E-state index >= 15 is 0 Å². The lowest BCUT2D eigenvalue weighted by molar-refractivity contribution is -0.142. The zero-order chi connectivity index (χ0) is 13.1. The van der Waals surface area contributed by atoms with Crippen LogP contribution in [0.25, 0.3) is 11.1 Å². The lowest BCUT2D eigenvalue weighted by Crippen LogP contribution is -2.44. The molecule has 1 aromatic carbocycles. The average molecular weight is 249 g/mol. The van der Waals surface area contributed by atoms with E-state index in [-0.39, 0.29) is 0 Å². The van der Waals surface area contributed by atoms with Crippen molar-refractivity contribution in [1.82, 2.24) is 10.3 Å². The Morgan fingerprint density at radius 2 is 2.22 bits per heavy atom. The van der Waals surface area contributed by atoms with Crippen molar-refractivity contribution in [2.75, 3.05) is 12.4 Å². The minimum atomic E-state index is -1.30. The van der Waals surface area contributed by atoms with Gasteiger partial charge >= 0.3 is 5.97 Å². The van der Waals surface area contributed by atoms with Gasteiger partial charge in [-0.2, -0.15) is 0 Å². The molecule has 0 fully saturated rings. The zero-order valence-electron chi connectivity index (χ0n) is 9.51. The maximum absolute atomic E-state index is 11.7. The number of benzene rings is 1. The summed E-state index contributed by atoms with van der Waals surface area (Å²) in [7, 11) is 1.40. The van der Waals surface area contributed by atoms with Gasteiger partial charge in [0.1, 0.15) is 5.52 Å². The molecule has 7 nitrogen and oxygen atoms in total. The molecule has 1 unspecified atom stereocenters. The van der Waals surface area contributed by atoms with E-state index in [0.29, 0.717) is 16.8 Å². The monoisotopic (exact) mass is 249 g/mol. The van der Waals surface area contributed by atoms with Gasteiger partial charge in [0, 0.05) is 11.8 Å². The van der Waals surface area contributed by atoms with Gasteiger partial charge in [-0.25, -0.2) is 9.78 Å². The fraction of sp³-hybridized carbons (Fsp3) is 0.182. The molecule has 2 aromatic rings. The van der Waals surface area contributed by atoms with Gasteiger partial charge in [0.05, 0.1) is 0 Å². The van der Waals surface area contributed by atoms with Crippen LogP contribution >= 0.6 is 0 Å². The second-order valence-corrected chi connectivity index (χ2v) is 3.58. The summed E-state index contributed by atoms with van der Waals surface area (Å²) in [5.74, 6) is -1.89. The topological polar surface area (TPSA) is 104 Å². The molecule has 18 heavy (non-hydrogen) atoms. The summed E-state index contributed by atoms with van der Waals surface area (Å²) < 4.78 is 5.08. The normalized spacial score (nSPS) is 12.3. The molecule has 7 heteroatoms. The molecule has 0 aliphatic rings. The van der Waals surface area contributed by atoms with Crippen molar-refractivity contribution in [3.05, 3.63) is 24.6 Å². The number of carboxylic acid groups (broad SMARTS) is 1. The second-order valence-electron chi connectivity index (χ2n) is 3.58. The van der Waals surface area contributed by atoms with Crippen molar-refractivity contribution in [3.8, 4) is 0 Å². The number of nitrogens with one attached hydrogen (secondary N) is 2. The highest BCUT2D eigenvalue weighted by atomic mass is 16.4. The number of rotatable bonds is 4. The van der Waals surface area contributed by atoms with Gasteiger partial charge in [-0.3, -0.25) is 10.1 Å². The molecule has 2 rings (SSSR count). The maximum Gasteiger partial charge on any atom is 0.330 e. The number of likely N-dealkylation sites (N-methyl/N-ethyl adjacent to an activating group) is 1. The molecule has 0 aliphatic carbocycles. The van der Waals surface area contributed by atoms with Crippen molar-refractivity contribution in [2.24, 2.45) is 0 Å². The van der Waals surface area contributed by atoms with Gasteiger partial charge in [-0.05, 0) is 19.2 Å². The fourth-order valence-corrected chi connectivity index (χ4v) is 1.51. The van der Waals surface area contributed by atoms with Crippen LogP contribution < -0.4 is 10.6 Å². The lowest BCUT2D eigenvalue weighted by Gasteiger charge is -2.11. The summed E-state index contributed by atoms with van der Waals surface area (Å²) in [5.41, 5.74) is 1.63. The number of hydrogen-bond donors (Lipinski definition) is 3. The Balaban J connectivity index is 2.17. The summed E-state index contributed by atoms with van der Waals surface area (Å²) in [6.07, 6.45) is 1.30. The number of hydrogen-bond acceptors (Lipinski definition) is 5. The maximum atomic E-state index is 11.7. The molecule has 0 radical (unpaired) electrons. The van der Waals surface area contributed by atoms with Crippen molar-refractivity contribution in [1.29, 1.82) is 0 Å². The fourth-order valence-electron chi connectivity index (χ4n) is 1.51. The molecule has 1 heterocycles. The number of aromatic nitrogens is 1. The van der Waals surface area contributed by atoms with E-state index in [0.717, 1.165) is 0 Å². The number of anilines is 1. The number of oxazole rings is 1. The summed E-state index contributed by atoms with van der Waals surface area (Å²) in [5, 5.41) is 13.7. The minimum absolute atomic E-state index is 0.450. The summed E-state index contributed by atoms with van der Waals surface area (Å²) >= 11 is 0. The smallest absolute Gasteiger partial charge is 0.330 e. The highest BCUT2D eigenvalue weighted by molar-refractivity contribution is 6.08. The molecule has 0 bridgehead atoms. The first-order valence-electron chi connectivity index (χ1n) is 5.16. The van der Waals surface area contributed by atoms with Crippen LogP contribution in [-0.4, -0.2) is 35.1 Å². The van der Waals surface area contributed by atoms with Crippen LogP contribution in [0.3, 0.4) is 0 Å². The molecule has 0 saturated carbocycles. The largest absolute Gasteiger partial charge is 0.480 e. The molecule has 0 aliphatic heterocycles. The van der Waals surface area contributed by atoms with E-state index < -0.39 is 17.9 Å². The Hall–Kier alpha value is -2.41. The SMILES string of the molecule is CNC(C(=O)O)C(=O)Nc1ccc2ncoc2c1. The summed E-state index contributed by atoms with van der Waals surface area (Å²) in [4.78, 5) is 26.4. The number of fused-ring (bicyclic) bond motifs is 1. The highest BCUT2D eigenvalue weighted by Gasteiger charge is 2.24. The Kier molecular flexibility index (Phi) is 3.24. The van der Waals surface area contributed by atoms with E-state index in [2.05, 4.69) is 15.6 Å². The Morgan fingerprint density at radius 3 is 2.89 bits per heavy atom. The third-order valence-corrected chi connectivity index (χ3v) is 2.40. The second kappa shape index (κ2) is 4.84. The van der Waals surface area contributed by atoms with Gasteiger partial charge in [0.15, 0.2) is 18.0 Å². The molecular weight excluding hydrogens is 238 g/mol. The average Bonchev–Trinajstić information content (AvgIpc) is 2.76. The zero-order valence-corrected chi connectivity index (χ0v) is 9.51. The van der Waals surface area contributed by atoms with E-state index in [9.17, 15) is 9.59 Å². The Bertz CT molecular complexity index is 593. The molecule has 0 saturated heterocycles. The van der Waals surface area contributed by atoms with Gasteiger partial charge < -0.3 is 14.8 Å².